The SMILES string of the molecule is C.C.C.C.C.C.C.C.C.C.CCC(C)(C)C(=O)OC1(C)CC2CCC1(C)C2(C)C.CCC(C)(C)C(=O)OC1(C)CCCCCC1.CCC(C)C(=O)OC1(C)CC2CCC1(C)C2(C)C.CCC(C)C(=O)OC1(CC)CCCCCC1.CCC1(OC(=O)C(C)(C)CC)CCCCCC1. The molecular formula is C86H178O10. The summed E-state index contributed by atoms with van der Waals surface area (Å²) >= 11 is 0. The predicted octanol–water partition coefficient (Wildman–Crippen LogP) is 27.7. The maximum absolute atomic E-state index is 12.5. The fraction of sp³-hybridized carbons (Fsp3) is 0.942. The Morgan fingerprint density at radius 3 is 0.875 bits per heavy atom. The normalized spacial score (nSPS) is 27.0. The molecular weight excluding hydrogens is 1190 g/mol. The Bertz CT molecular complexity index is 2140. The fourth-order valence-corrected chi connectivity index (χ4v) is 15.3. The van der Waals surface area contributed by atoms with Crippen molar-refractivity contribution in [2.45, 2.75) is 467 Å². The van der Waals surface area contributed by atoms with Crippen LogP contribution in [0.5, 0.6) is 0 Å². The number of carbonyl (C=O) groups is 5. The van der Waals surface area contributed by atoms with Crippen molar-refractivity contribution in [1.82, 2.24) is 0 Å². The molecule has 7 fully saturated rings. The molecule has 0 radical (unpaired) electrons. The number of ether oxygens (including phenoxy) is 5. The lowest BCUT2D eigenvalue weighted by Crippen LogP contribution is -2.49. The van der Waals surface area contributed by atoms with Gasteiger partial charge in [0.25, 0.3) is 0 Å². The van der Waals surface area contributed by atoms with Gasteiger partial charge in [0.15, 0.2) is 0 Å². The van der Waals surface area contributed by atoms with Gasteiger partial charge in [0.1, 0.15) is 28.0 Å². The molecule has 0 heterocycles. The molecule has 96 heavy (non-hydrogen) atoms. The highest BCUT2D eigenvalue weighted by atomic mass is 16.6. The molecule has 0 amide bonds. The summed E-state index contributed by atoms with van der Waals surface area (Å²) in [5.74, 6) is 1.40. The first-order valence-corrected chi connectivity index (χ1v) is 35.8. The first-order valence-electron chi connectivity index (χ1n) is 35.8. The molecule has 10 heteroatoms. The number of esters is 5. The second kappa shape index (κ2) is 44.0. The minimum Gasteiger partial charge on any atom is -0.459 e. The van der Waals surface area contributed by atoms with E-state index in [2.05, 4.69) is 83.1 Å². The second-order valence-corrected chi connectivity index (χ2v) is 33.1. The van der Waals surface area contributed by atoms with Crippen LogP contribution in [0, 0.1) is 61.6 Å². The zero-order valence-corrected chi connectivity index (χ0v) is 60.8. The molecule has 582 valence electrons. The summed E-state index contributed by atoms with van der Waals surface area (Å²) in [5.41, 5.74) is -1.30. The van der Waals surface area contributed by atoms with E-state index >= 15 is 0 Å². The van der Waals surface area contributed by atoms with Crippen LogP contribution in [0.25, 0.3) is 0 Å². The molecule has 4 bridgehead atoms. The third-order valence-corrected chi connectivity index (χ3v) is 25.9. The van der Waals surface area contributed by atoms with E-state index in [1.807, 2.05) is 83.1 Å². The molecule has 0 aromatic carbocycles. The molecule has 0 aliphatic heterocycles. The van der Waals surface area contributed by atoms with Gasteiger partial charge in [0.05, 0.1) is 28.1 Å². The fourth-order valence-electron chi connectivity index (χ4n) is 15.3. The largest absolute Gasteiger partial charge is 0.459 e. The molecule has 8 unspecified atom stereocenters. The smallest absolute Gasteiger partial charge is 0.312 e. The number of carbonyl (C=O) groups excluding carboxylic acids is 5. The average molecular weight is 1370 g/mol. The van der Waals surface area contributed by atoms with Crippen molar-refractivity contribution < 1.29 is 47.7 Å². The van der Waals surface area contributed by atoms with E-state index in [1.165, 1.54) is 103 Å². The van der Waals surface area contributed by atoms with Crippen LogP contribution in [0.2, 0.25) is 0 Å². The van der Waals surface area contributed by atoms with Crippen molar-refractivity contribution in [2.24, 2.45) is 61.6 Å². The third kappa shape index (κ3) is 25.7. The van der Waals surface area contributed by atoms with Crippen LogP contribution < -0.4 is 0 Å². The highest BCUT2D eigenvalue weighted by Crippen LogP contribution is 2.72. The quantitative estimate of drug-likeness (QED) is 0.0788. The zero-order valence-electron chi connectivity index (χ0n) is 60.8. The van der Waals surface area contributed by atoms with E-state index in [4.69, 9.17) is 23.7 Å². The van der Waals surface area contributed by atoms with E-state index in [-0.39, 0.29) is 182 Å². The third-order valence-electron chi connectivity index (χ3n) is 25.9. The maximum atomic E-state index is 12.5. The van der Waals surface area contributed by atoms with Gasteiger partial charge < -0.3 is 23.7 Å². The molecule has 7 saturated carbocycles. The Morgan fingerprint density at radius 2 is 0.615 bits per heavy atom. The van der Waals surface area contributed by atoms with Crippen LogP contribution in [0.4, 0.5) is 0 Å². The molecule has 0 N–H and O–H groups in total. The Kier molecular flexibility index (Phi) is 50.1. The lowest BCUT2D eigenvalue weighted by Gasteiger charge is -2.46. The summed E-state index contributed by atoms with van der Waals surface area (Å²) in [4.78, 5) is 60.8. The first kappa shape index (κ1) is 109. The Balaban J connectivity index is -0.000000164. The Hall–Kier alpha value is -2.65. The Morgan fingerprint density at radius 1 is 0.354 bits per heavy atom. The van der Waals surface area contributed by atoms with E-state index < -0.39 is 0 Å². The minimum absolute atomic E-state index is 0. The molecule has 0 saturated heterocycles. The van der Waals surface area contributed by atoms with Gasteiger partial charge in [-0.25, -0.2) is 0 Å². The van der Waals surface area contributed by atoms with Gasteiger partial charge in [0, 0.05) is 10.8 Å². The van der Waals surface area contributed by atoms with Crippen molar-refractivity contribution >= 4 is 29.8 Å². The molecule has 0 spiro atoms. The number of hydrogen-bond donors (Lipinski definition) is 0. The molecule has 7 aliphatic rings. The van der Waals surface area contributed by atoms with E-state index in [1.54, 1.807) is 0 Å². The van der Waals surface area contributed by atoms with Crippen molar-refractivity contribution in [1.29, 1.82) is 0 Å². The average Bonchev–Trinajstić information content (AvgIpc) is 1.54. The number of hydrogen-bond acceptors (Lipinski definition) is 10. The lowest BCUT2D eigenvalue weighted by atomic mass is 9.65. The summed E-state index contributed by atoms with van der Waals surface area (Å²) < 4.78 is 29.6. The summed E-state index contributed by atoms with van der Waals surface area (Å²) in [7, 11) is 0. The topological polar surface area (TPSA) is 132 Å². The van der Waals surface area contributed by atoms with E-state index in [9.17, 15) is 24.0 Å². The summed E-state index contributed by atoms with van der Waals surface area (Å²) in [6.07, 6.45) is 34.4. The lowest BCUT2D eigenvalue weighted by molar-refractivity contribution is -0.185. The highest BCUT2D eigenvalue weighted by Gasteiger charge is 2.70. The van der Waals surface area contributed by atoms with Gasteiger partial charge in [-0.2, -0.15) is 0 Å². The molecule has 0 aromatic rings. The summed E-state index contributed by atoms with van der Waals surface area (Å²) in [5, 5.41) is 0. The van der Waals surface area contributed by atoms with Crippen molar-refractivity contribution in [3.8, 4) is 0 Å². The standard InChI is InChI=1S/C17H30O2.C16H28O2.C15H28O2.2C14H26O2.10CH4/c1-8-14(2,3)13(18)19-17(7)11-12-9-10-16(17,6)15(12,4)5;1-7-11(2)13(17)18-16(6)10-12-8-9-15(16,5)14(12,3)4;1-5-14(3,4)13(16)17-15(6-2)11-9-7-8-10-12-15;1-5-13(2,3)12(15)16-14(4)10-8-6-7-9-11-14;1-4-12(3)13(15)16-14(5-2)10-8-6-7-9-11-14;;;;;;;;;;/h12H,8-11H2,1-7H3;11-12H,7-10H2,1-6H3;5-12H2,1-4H3;5-11H2,1-4H3;12H,4-11H2,1-3H3;10*1H4. The number of rotatable bonds is 17. The molecule has 8 atom stereocenters. The predicted molar refractivity (Wildman–Crippen MR) is 422 cm³/mol. The molecule has 7 rings (SSSR count). The van der Waals surface area contributed by atoms with Crippen LogP contribution in [-0.2, 0) is 47.7 Å². The van der Waals surface area contributed by atoms with Crippen LogP contribution >= 0.6 is 0 Å². The number of fused-ring (bicyclic) bond motifs is 4. The van der Waals surface area contributed by atoms with Crippen LogP contribution in [-0.4, -0.2) is 57.9 Å². The van der Waals surface area contributed by atoms with Gasteiger partial charge >= 0.3 is 29.8 Å². The summed E-state index contributed by atoms with van der Waals surface area (Å²) in [6.45, 7) is 50.8. The monoisotopic (exact) mass is 1370 g/mol. The van der Waals surface area contributed by atoms with Crippen LogP contribution in [0.3, 0.4) is 0 Å². The first-order chi connectivity index (χ1) is 39.7. The minimum atomic E-state index is -0.370. The molecule has 10 nitrogen and oxygen atoms in total. The molecule has 7 aliphatic carbocycles. The van der Waals surface area contributed by atoms with Crippen LogP contribution in [0.1, 0.15) is 439 Å². The van der Waals surface area contributed by atoms with Gasteiger partial charge in [-0.15, -0.1) is 0 Å². The molecule has 0 aromatic heterocycles. The van der Waals surface area contributed by atoms with Crippen LogP contribution in [0.15, 0.2) is 0 Å². The summed E-state index contributed by atoms with van der Waals surface area (Å²) in [6, 6.07) is 0. The maximum Gasteiger partial charge on any atom is 0.312 e. The van der Waals surface area contributed by atoms with Crippen molar-refractivity contribution in [3.63, 3.8) is 0 Å². The van der Waals surface area contributed by atoms with Gasteiger partial charge in [-0.1, -0.05) is 217 Å². The van der Waals surface area contributed by atoms with Gasteiger partial charge in [0.2, 0.25) is 0 Å². The van der Waals surface area contributed by atoms with Gasteiger partial charge in [-0.3, -0.25) is 24.0 Å². The highest BCUT2D eigenvalue weighted by molar-refractivity contribution is 5.77. The zero-order chi connectivity index (χ0) is 65.7. The Labute approximate surface area is 603 Å². The van der Waals surface area contributed by atoms with Gasteiger partial charge in [-0.05, 0) is 245 Å². The second-order valence-electron chi connectivity index (χ2n) is 33.1. The van der Waals surface area contributed by atoms with E-state index in [0.29, 0.717) is 11.8 Å². The van der Waals surface area contributed by atoms with E-state index in [0.717, 1.165) is 96.3 Å². The van der Waals surface area contributed by atoms with Crippen molar-refractivity contribution in [2.75, 3.05) is 0 Å². The van der Waals surface area contributed by atoms with Crippen molar-refractivity contribution in [3.05, 3.63) is 0 Å².